The summed E-state index contributed by atoms with van der Waals surface area (Å²) in [6, 6.07) is 4.56. The molecule has 3 atom stereocenters. The van der Waals surface area contributed by atoms with Crippen LogP contribution in [0.5, 0.6) is 0 Å². The first-order valence-electron chi connectivity index (χ1n) is 7.16. The van der Waals surface area contributed by atoms with E-state index in [0.717, 1.165) is 44.1 Å². The zero-order valence-corrected chi connectivity index (χ0v) is 11.7. The fourth-order valence-corrected chi connectivity index (χ4v) is 2.83. The van der Waals surface area contributed by atoms with E-state index >= 15 is 0 Å². The van der Waals surface area contributed by atoms with Crippen LogP contribution in [0.2, 0.25) is 0 Å². The Kier molecular flexibility index (Phi) is 4.84. The average Bonchev–Trinajstić information content (AvgIpc) is 2.85. The van der Waals surface area contributed by atoms with Crippen molar-refractivity contribution < 1.29 is 9.15 Å². The van der Waals surface area contributed by atoms with Gasteiger partial charge in [0.25, 0.3) is 0 Å². The molecule has 1 aliphatic rings. The Bertz CT molecular complexity index is 361. The van der Waals surface area contributed by atoms with Crippen molar-refractivity contribution in [1.82, 2.24) is 5.32 Å². The molecule has 3 nitrogen and oxygen atoms in total. The zero-order valence-electron chi connectivity index (χ0n) is 11.7. The number of hydrogen-bond donors (Lipinski definition) is 1. The molecular formula is C15H25NO2. The molecular weight excluding hydrogens is 226 g/mol. The average molecular weight is 251 g/mol. The second-order valence-electron chi connectivity index (χ2n) is 5.20. The first-order valence-corrected chi connectivity index (χ1v) is 7.16. The first-order chi connectivity index (χ1) is 8.76. The fraction of sp³-hybridized carbons (Fsp3) is 0.733. The highest BCUT2D eigenvalue weighted by atomic mass is 16.5. The van der Waals surface area contributed by atoms with E-state index in [1.807, 2.05) is 0 Å². The van der Waals surface area contributed by atoms with Crippen LogP contribution in [-0.2, 0) is 11.2 Å². The van der Waals surface area contributed by atoms with Crippen LogP contribution in [0.4, 0.5) is 0 Å². The molecule has 0 saturated carbocycles. The van der Waals surface area contributed by atoms with Crippen molar-refractivity contribution in [3.05, 3.63) is 23.7 Å². The molecule has 0 radical (unpaired) electrons. The lowest BCUT2D eigenvalue weighted by Crippen LogP contribution is -2.36. The van der Waals surface area contributed by atoms with Gasteiger partial charge in [0.2, 0.25) is 0 Å². The maximum Gasteiger partial charge on any atom is 0.121 e. The SMILES string of the molecule is CCNC(c1ccc(CC)o1)C1CCOCC1C. The topological polar surface area (TPSA) is 34.4 Å². The summed E-state index contributed by atoms with van der Waals surface area (Å²) in [5.41, 5.74) is 0. The molecule has 1 aromatic heterocycles. The maximum absolute atomic E-state index is 5.95. The maximum atomic E-state index is 5.95. The third kappa shape index (κ3) is 2.96. The minimum absolute atomic E-state index is 0.328. The number of furan rings is 1. The highest BCUT2D eigenvalue weighted by Gasteiger charge is 2.32. The van der Waals surface area contributed by atoms with Crippen molar-refractivity contribution >= 4 is 0 Å². The number of aryl methyl sites for hydroxylation is 1. The molecule has 1 saturated heterocycles. The van der Waals surface area contributed by atoms with Gasteiger partial charge in [-0.1, -0.05) is 20.8 Å². The quantitative estimate of drug-likeness (QED) is 0.873. The Morgan fingerprint density at radius 3 is 2.83 bits per heavy atom. The molecule has 0 bridgehead atoms. The smallest absolute Gasteiger partial charge is 0.121 e. The largest absolute Gasteiger partial charge is 0.464 e. The second-order valence-corrected chi connectivity index (χ2v) is 5.20. The Labute approximate surface area is 110 Å². The van der Waals surface area contributed by atoms with E-state index < -0.39 is 0 Å². The molecule has 1 N–H and O–H groups in total. The minimum atomic E-state index is 0.328. The van der Waals surface area contributed by atoms with Crippen molar-refractivity contribution in [2.45, 2.75) is 39.7 Å². The summed E-state index contributed by atoms with van der Waals surface area (Å²) in [6.07, 6.45) is 2.07. The molecule has 2 rings (SSSR count). The Morgan fingerprint density at radius 1 is 1.39 bits per heavy atom. The molecule has 1 fully saturated rings. The van der Waals surface area contributed by atoms with Crippen LogP contribution in [0, 0.1) is 11.8 Å². The van der Waals surface area contributed by atoms with Crippen molar-refractivity contribution in [1.29, 1.82) is 0 Å². The number of rotatable bonds is 5. The lowest BCUT2D eigenvalue weighted by Gasteiger charge is -2.34. The van der Waals surface area contributed by atoms with Crippen LogP contribution in [0.3, 0.4) is 0 Å². The lowest BCUT2D eigenvalue weighted by molar-refractivity contribution is 0.00787. The van der Waals surface area contributed by atoms with Gasteiger partial charge in [0, 0.05) is 19.6 Å². The number of ether oxygens (including phenoxy) is 1. The first kappa shape index (κ1) is 13.6. The van der Waals surface area contributed by atoms with Gasteiger partial charge in [0.05, 0.1) is 6.04 Å². The van der Waals surface area contributed by atoms with Crippen LogP contribution in [0.25, 0.3) is 0 Å². The highest BCUT2D eigenvalue weighted by molar-refractivity contribution is 5.12. The summed E-state index contributed by atoms with van der Waals surface area (Å²) < 4.78 is 11.5. The van der Waals surface area contributed by atoms with Gasteiger partial charge >= 0.3 is 0 Å². The normalized spacial score (nSPS) is 26.2. The zero-order chi connectivity index (χ0) is 13.0. The van der Waals surface area contributed by atoms with Gasteiger partial charge in [-0.3, -0.25) is 0 Å². The minimum Gasteiger partial charge on any atom is -0.464 e. The Balaban J connectivity index is 2.15. The highest BCUT2D eigenvalue weighted by Crippen LogP contribution is 2.34. The number of hydrogen-bond acceptors (Lipinski definition) is 3. The standard InChI is InChI=1S/C15H25NO2/c1-4-12-6-7-14(18-12)15(16-5-2)13-8-9-17-10-11(13)3/h6-7,11,13,15-16H,4-5,8-10H2,1-3H3. The monoisotopic (exact) mass is 251 g/mol. The molecule has 3 unspecified atom stereocenters. The van der Waals surface area contributed by atoms with E-state index in [1.165, 1.54) is 0 Å². The van der Waals surface area contributed by atoms with Gasteiger partial charge in [0.1, 0.15) is 11.5 Å². The van der Waals surface area contributed by atoms with E-state index in [2.05, 4.69) is 38.2 Å². The predicted molar refractivity (Wildman–Crippen MR) is 72.6 cm³/mol. The summed E-state index contributed by atoms with van der Waals surface area (Å²) in [6.45, 7) is 9.27. The Hall–Kier alpha value is -0.800. The van der Waals surface area contributed by atoms with Gasteiger partial charge in [-0.2, -0.15) is 0 Å². The third-order valence-electron chi connectivity index (χ3n) is 3.90. The predicted octanol–water partition coefficient (Wildman–Crippen LogP) is 3.17. The summed E-state index contributed by atoms with van der Waals surface area (Å²) >= 11 is 0. The Morgan fingerprint density at radius 2 is 2.22 bits per heavy atom. The van der Waals surface area contributed by atoms with E-state index in [-0.39, 0.29) is 0 Å². The summed E-state index contributed by atoms with van der Waals surface area (Å²) in [4.78, 5) is 0. The number of nitrogens with one attached hydrogen (secondary N) is 1. The molecule has 0 aromatic carbocycles. The van der Waals surface area contributed by atoms with Crippen molar-refractivity contribution in [3.8, 4) is 0 Å². The molecule has 0 aliphatic carbocycles. The lowest BCUT2D eigenvalue weighted by atomic mass is 9.82. The molecule has 2 heterocycles. The van der Waals surface area contributed by atoms with E-state index in [4.69, 9.17) is 9.15 Å². The summed E-state index contributed by atoms with van der Waals surface area (Å²) in [7, 11) is 0. The van der Waals surface area contributed by atoms with Gasteiger partial charge in [-0.15, -0.1) is 0 Å². The van der Waals surface area contributed by atoms with E-state index in [0.29, 0.717) is 17.9 Å². The molecule has 102 valence electrons. The van der Waals surface area contributed by atoms with Crippen molar-refractivity contribution in [2.75, 3.05) is 19.8 Å². The van der Waals surface area contributed by atoms with Crippen LogP contribution >= 0.6 is 0 Å². The third-order valence-corrected chi connectivity index (χ3v) is 3.90. The van der Waals surface area contributed by atoms with Gasteiger partial charge < -0.3 is 14.5 Å². The van der Waals surface area contributed by atoms with Gasteiger partial charge in [-0.25, -0.2) is 0 Å². The van der Waals surface area contributed by atoms with Gasteiger partial charge in [0.15, 0.2) is 0 Å². The second kappa shape index (κ2) is 6.39. The van der Waals surface area contributed by atoms with Crippen LogP contribution < -0.4 is 5.32 Å². The van der Waals surface area contributed by atoms with E-state index in [9.17, 15) is 0 Å². The van der Waals surface area contributed by atoms with Crippen LogP contribution in [-0.4, -0.2) is 19.8 Å². The van der Waals surface area contributed by atoms with Crippen molar-refractivity contribution in [3.63, 3.8) is 0 Å². The molecule has 18 heavy (non-hydrogen) atoms. The fourth-order valence-electron chi connectivity index (χ4n) is 2.83. The molecule has 1 aromatic rings. The van der Waals surface area contributed by atoms with Gasteiger partial charge in [-0.05, 0) is 36.9 Å². The molecule has 0 spiro atoms. The van der Waals surface area contributed by atoms with Crippen molar-refractivity contribution in [2.24, 2.45) is 11.8 Å². The van der Waals surface area contributed by atoms with Crippen LogP contribution in [0.1, 0.15) is 44.8 Å². The summed E-state index contributed by atoms with van der Waals surface area (Å²) in [5.74, 6) is 3.35. The summed E-state index contributed by atoms with van der Waals surface area (Å²) in [5, 5.41) is 3.59. The molecule has 3 heteroatoms. The molecule has 1 aliphatic heterocycles. The van der Waals surface area contributed by atoms with Crippen LogP contribution in [0.15, 0.2) is 16.5 Å². The van der Waals surface area contributed by atoms with E-state index in [1.54, 1.807) is 0 Å². The molecule has 0 amide bonds.